The van der Waals surface area contributed by atoms with E-state index >= 15 is 0 Å². The SMILES string of the molecule is Cc1ccc(COC2CN(C(=O)O)C2)cc1. The van der Waals surface area contributed by atoms with Crippen molar-refractivity contribution in [1.82, 2.24) is 4.90 Å². The molecule has 1 aliphatic heterocycles. The number of hydrogen-bond donors (Lipinski definition) is 1. The molecule has 1 aromatic carbocycles. The van der Waals surface area contributed by atoms with Gasteiger partial charge in [0, 0.05) is 0 Å². The van der Waals surface area contributed by atoms with Crippen LogP contribution in [0.3, 0.4) is 0 Å². The van der Waals surface area contributed by atoms with E-state index in [-0.39, 0.29) is 6.10 Å². The number of hydrogen-bond acceptors (Lipinski definition) is 2. The van der Waals surface area contributed by atoms with E-state index in [9.17, 15) is 4.79 Å². The van der Waals surface area contributed by atoms with Gasteiger partial charge in [0.25, 0.3) is 0 Å². The topological polar surface area (TPSA) is 49.8 Å². The van der Waals surface area contributed by atoms with Crippen LogP contribution in [0.15, 0.2) is 24.3 Å². The van der Waals surface area contributed by atoms with Crippen LogP contribution in [-0.2, 0) is 11.3 Å². The molecule has 0 spiro atoms. The molecule has 86 valence electrons. The van der Waals surface area contributed by atoms with Crippen molar-refractivity contribution < 1.29 is 14.6 Å². The minimum Gasteiger partial charge on any atom is -0.465 e. The van der Waals surface area contributed by atoms with Crippen molar-refractivity contribution in [2.24, 2.45) is 0 Å². The minimum atomic E-state index is -0.866. The normalized spacial score (nSPS) is 15.9. The van der Waals surface area contributed by atoms with E-state index in [2.05, 4.69) is 0 Å². The van der Waals surface area contributed by atoms with E-state index in [1.165, 1.54) is 10.5 Å². The average Bonchev–Trinajstić information content (AvgIpc) is 2.18. The van der Waals surface area contributed by atoms with Gasteiger partial charge in [-0.2, -0.15) is 0 Å². The molecule has 1 fully saturated rings. The molecule has 0 aliphatic carbocycles. The monoisotopic (exact) mass is 221 g/mol. The van der Waals surface area contributed by atoms with Crippen LogP contribution in [0.2, 0.25) is 0 Å². The molecule has 1 saturated heterocycles. The Hall–Kier alpha value is -1.55. The second-order valence-electron chi connectivity index (χ2n) is 4.11. The first-order valence-corrected chi connectivity index (χ1v) is 5.30. The van der Waals surface area contributed by atoms with Gasteiger partial charge in [0.05, 0.1) is 25.8 Å². The summed E-state index contributed by atoms with van der Waals surface area (Å²) >= 11 is 0. The Balaban J connectivity index is 1.73. The summed E-state index contributed by atoms with van der Waals surface area (Å²) in [4.78, 5) is 11.9. The largest absolute Gasteiger partial charge is 0.465 e. The molecule has 0 atom stereocenters. The lowest BCUT2D eigenvalue weighted by molar-refractivity contribution is -0.0522. The summed E-state index contributed by atoms with van der Waals surface area (Å²) in [6.45, 7) is 3.57. The highest BCUT2D eigenvalue weighted by molar-refractivity contribution is 5.66. The summed E-state index contributed by atoms with van der Waals surface area (Å²) < 4.78 is 5.58. The molecular weight excluding hydrogens is 206 g/mol. The summed E-state index contributed by atoms with van der Waals surface area (Å²) in [6.07, 6.45) is -0.812. The Labute approximate surface area is 94.4 Å². The third-order valence-electron chi connectivity index (χ3n) is 2.72. The van der Waals surface area contributed by atoms with Gasteiger partial charge < -0.3 is 14.7 Å². The summed E-state index contributed by atoms with van der Waals surface area (Å²) in [5.74, 6) is 0. The quantitative estimate of drug-likeness (QED) is 0.847. The van der Waals surface area contributed by atoms with Gasteiger partial charge in [-0.3, -0.25) is 0 Å². The fraction of sp³-hybridized carbons (Fsp3) is 0.417. The maximum absolute atomic E-state index is 10.5. The lowest BCUT2D eigenvalue weighted by atomic mass is 10.1. The molecule has 1 aromatic rings. The first-order chi connectivity index (χ1) is 7.65. The zero-order valence-electron chi connectivity index (χ0n) is 9.22. The number of carbonyl (C=O) groups is 1. The summed E-state index contributed by atoms with van der Waals surface area (Å²) in [7, 11) is 0. The maximum atomic E-state index is 10.5. The Morgan fingerprint density at radius 2 is 2.06 bits per heavy atom. The van der Waals surface area contributed by atoms with Crippen LogP contribution in [0, 0.1) is 6.92 Å². The lowest BCUT2D eigenvalue weighted by Gasteiger charge is -2.36. The molecule has 0 unspecified atom stereocenters. The predicted octanol–water partition coefficient (Wildman–Crippen LogP) is 1.87. The molecule has 16 heavy (non-hydrogen) atoms. The van der Waals surface area contributed by atoms with Crippen LogP contribution in [-0.4, -0.2) is 35.3 Å². The molecule has 1 N–H and O–H groups in total. The smallest absolute Gasteiger partial charge is 0.407 e. The van der Waals surface area contributed by atoms with Gasteiger partial charge in [-0.1, -0.05) is 29.8 Å². The average molecular weight is 221 g/mol. The molecule has 0 radical (unpaired) electrons. The fourth-order valence-corrected chi connectivity index (χ4v) is 1.60. The van der Waals surface area contributed by atoms with Crippen LogP contribution in [0.4, 0.5) is 4.79 Å². The predicted molar refractivity (Wildman–Crippen MR) is 59.4 cm³/mol. The van der Waals surface area contributed by atoms with Crippen LogP contribution >= 0.6 is 0 Å². The zero-order chi connectivity index (χ0) is 11.5. The van der Waals surface area contributed by atoms with Crippen molar-refractivity contribution in [2.75, 3.05) is 13.1 Å². The standard InChI is InChI=1S/C12H15NO3/c1-9-2-4-10(5-3-9)8-16-11-6-13(7-11)12(14)15/h2-5,11H,6-8H2,1H3,(H,14,15). The molecule has 0 saturated carbocycles. The molecule has 0 aromatic heterocycles. The Kier molecular flexibility index (Phi) is 3.10. The van der Waals surface area contributed by atoms with E-state index < -0.39 is 6.09 Å². The van der Waals surface area contributed by atoms with E-state index in [1.807, 2.05) is 31.2 Å². The van der Waals surface area contributed by atoms with Gasteiger partial charge in [0.2, 0.25) is 0 Å². The van der Waals surface area contributed by atoms with Gasteiger partial charge in [0.15, 0.2) is 0 Å². The molecule has 4 nitrogen and oxygen atoms in total. The molecular formula is C12H15NO3. The highest BCUT2D eigenvalue weighted by Crippen LogP contribution is 2.14. The number of nitrogens with zero attached hydrogens (tertiary/aromatic N) is 1. The summed E-state index contributed by atoms with van der Waals surface area (Å²) in [6, 6.07) is 8.15. The van der Waals surface area contributed by atoms with Crippen molar-refractivity contribution in [3.05, 3.63) is 35.4 Å². The molecule has 2 rings (SSSR count). The van der Waals surface area contributed by atoms with Gasteiger partial charge in [-0.25, -0.2) is 4.79 Å². The molecule has 1 heterocycles. The Morgan fingerprint density at radius 3 is 2.62 bits per heavy atom. The van der Waals surface area contributed by atoms with Crippen LogP contribution in [0.5, 0.6) is 0 Å². The second kappa shape index (κ2) is 4.53. The number of ether oxygens (including phenoxy) is 1. The number of benzene rings is 1. The number of likely N-dealkylation sites (tertiary alicyclic amines) is 1. The zero-order valence-corrected chi connectivity index (χ0v) is 9.22. The van der Waals surface area contributed by atoms with Crippen LogP contribution in [0.25, 0.3) is 0 Å². The molecule has 4 heteroatoms. The number of amides is 1. The van der Waals surface area contributed by atoms with Crippen molar-refractivity contribution >= 4 is 6.09 Å². The highest BCUT2D eigenvalue weighted by Gasteiger charge is 2.30. The molecule has 1 amide bonds. The van der Waals surface area contributed by atoms with Gasteiger partial charge in [-0.05, 0) is 12.5 Å². The van der Waals surface area contributed by atoms with E-state index in [0.717, 1.165) is 5.56 Å². The minimum absolute atomic E-state index is 0.0532. The maximum Gasteiger partial charge on any atom is 0.407 e. The molecule has 1 aliphatic rings. The van der Waals surface area contributed by atoms with E-state index in [1.54, 1.807) is 0 Å². The van der Waals surface area contributed by atoms with Gasteiger partial charge in [-0.15, -0.1) is 0 Å². The number of aryl methyl sites for hydroxylation is 1. The van der Waals surface area contributed by atoms with Gasteiger partial charge >= 0.3 is 6.09 Å². The van der Waals surface area contributed by atoms with Crippen LogP contribution in [0.1, 0.15) is 11.1 Å². The highest BCUT2D eigenvalue weighted by atomic mass is 16.5. The summed E-state index contributed by atoms with van der Waals surface area (Å²) in [5, 5.41) is 8.64. The Bertz CT molecular complexity index is 368. The third-order valence-corrected chi connectivity index (χ3v) is 2.72. The molecule has 0 bridgehead atoms. The van der Waals surface area contributed by atoms with Crippen molar-refractivity contribution in [3.63, 3.8) is 0 Å². The lowest BCUT2D eigenvalue weighted by Crippen LogP contribution is -2.54. The van der Waals surface area contributed by atoms with Crippen molar-refractivity contribution in [2.45, 2.75) is 19.6 Å². The first kappa shape index (κ1) is 11.0. The summed E-state index contributed by atoms with van der Waals surface area (Å²) in [5.41, 5.74) is 2.35. The van der Waals surface area contributed by atoms with E-state index in [0.29, 0.717) is 19.7 Å². The van der Waals surface area contributed by atoms with Crippen LogP contribution < -0.4 is 0 Å². The van der Waals surface area contributed by atoms with Crippen molar-refractivity contribution in [1.29, 1.82) is 0 Å². The Morgan fingerprint density at radius 1 is 1.44 bits per heavy atom. The van der Waals surface area contributed by atoms with Gasteiger partial charge in [0.1, 0.15) is 0 Å². The van der Waals surface area contributed by atoms with Crippen molar-refractivity contribution in [3.8, 4) is 0 Å². The third kappa shape index (κ3) is 2.52. The first-order valence-electron chi connectivity index (χ1n) is 5.30. The van der Waals surface area contributed by atoms with E-state index in [4.69, 9.17) is 9.84 Å². The number of carboxylic acid groups (broad SMARTS) is 1. The fourth-order valence-electron chi connectivity index (χ4n) is 1.60. The number of rotatable bonds is 3. The second-order valence-corrected chi connectivity index (χ2v) is 4.11.